The molecule has 0 unspecified atom stereocenters. The first-order chi connectivity index (χ1) is 12.1. The Morgan fingerprint density at radius 3 is 2.40 bits per heavy atom. The summed E-state index contributed by atoms with van der Waals surface area (Å²) in [7, 11) is 0. The highest BCUT2D eigenvalue weighted by atomic mass is 127. The van der Waals surface area contributed by atoms with Gasteiger partial charge < -0.3 is 5.32 Å². The van der Waals surface area contributed by atoms with Gasteiger partial charge in [0, 0.05) is 14.7 Å². The van der Waals surface area contributed by atoms with E-state index in [1.54, 1.807) is 0 Å². The van der Waals surface area contributed by atoms with E-state index in [0.717, 1.165) is 25.9 Å². The van der Waals surface area contributed by atoms with Gasteiger partial charge in [-0.05, 0) is 71.5 Å². The molecule has 1 N–H and O–H groups in total. The summed E-state index contributed by atoms with van der Waals surface area (Å²) >= 11 is 2.17. The van der Waals surface area contributed by atoms with E-state index in [2.05, 4.69) is 39.7 Å². The van der Waals surface area contributed by atoms with Crippen LogP contribution in [0.3, 0.4) is 0 Å². The van der Waals surface area contributed by atoms with Crippen molar-refractivity contribution in [3.8, 4) is 11.8 Å². The molecule has 0 heterocycles. The summed E-state index contributed by atoms with van der Waals surface area (Å²) < 4.78 is 0.918. The van der Waals surface area contributed by atoms with Crippen LogP contribution >= 0.6 is 22.6 Å². The summed E-state index contributed by atoms with van der Waals surface area (Å²) in [5.41, 5.74) is 4.23. The van der Waals surface area contributed by atoms with Crippen molar-refractivity contribution in [2.75, 3.05) is 5.32 Å². The lowest BCUT2D eigenvalue weighted by molar-refractivity contribution is 0.102. The van der Waals surface area contributed by atoms with Crippen molar-refractivity contribution in [3.05, 3.63) is 98.6 Å². The first-order valence-corrected chi connectivity index (χ1v) is 8.95. The zero-order valence-corrected chi connectivity index (χ0v) is 15.9. The third-order valence-electron chi connectivity index (χ3n) is 3.66. The van der Waals surface area contributed by atoms with Gasteiger partial charge in [-0.25, -0.2) is 0 Å². The summed E-state index contributed by atoms with van der Waals surface area (Å²) in [6.45, 7) is 2.01. The molecule has 0 radical (unpaired) electrons. The Kier molecular flexibility index (Phi) is 5.52. The van der Waals surface area contributed by atoms with E-state index in [4.69, 9.17) is 0 Å². The van der Waals surface area contributed by atoms with E-state index < -0.39 is 0 Å². The number of anilines is 1. The number of hydrogen-bond acceptors (Lipinski definition) is 1. The smallest absolute Gasteiger partial charge is 0.256 e. The average molecular weight is 437 g/mol. The fourth-order valence-electron chi connectivity index (χ4n) is 2.37. The average Bonchev–Trinajstić information content (AvgIpc) is 2.63. The van der Waals surface area contributed by atoms with Crippen LogP contribution in [0.5, 0.6) is 0 Å². The number of carbonyl (C=O) groups excluding carboxylic acids is 1. The molecule has 0 saturated heterocycles. The molecule has 0 atom stereocenters. The third-order valence-corrected chi connectivity index (χ3v) is 4.60. The normalized spacial score (nSPS) is 9.84. The fourth-order valence-corrected chi connectivity index (χ4v) is 3.00. The van der Waals surface area contributed by atoms with Crippen LogP contribution in [0.15, 0.2) is 72.8 Å². The Morgan fingerprint density at radius 1 is 0.920 bits per heavy atom. The number of amides is 1. The van der Waals surface area contributed by atoms with Crippen LogP contribution in [0.1, 0.15) is 27.0 Å². The SMILES string of the molecule is Cc1ccc(NC(=O)c2ccccc2I)c(C#Cc2ccccc2)c1. The second-order valence-corrected chi connectivity index (χ2v) is 6.76. The number of benzene rings is 3. The van der Waals surface area contributed by atoms with Crippen LogP contribution in [0.2, 0.25) is 0 Å². The molecule has 3 rings (SSSR count). The summed E-state index contributed by atoms with van der Waals surface area (Å²) in [5, 5.41) is 2.98. The minimum Gasteiger partial charge on any atom is -0.321 e. The van der Waals surface area contributed by atoms with E-state index in [9.17, 15) is 4.79 Å². The van der Waals surface area contributed by atoms with Gasteiger partial charge in [0.1, 0.15) is 0 Å². The molecule has 3 aromatic carbocycles. The number of nitrogens with one attached hydrogen (secondary N) is 1. The second-order valence-electron chi connectivity index (χ2n) is 5.60. The van der Waals surface area contributed by atoms with Crippen LogP contribution in [0, 0.1) is 22.3 Å². The van der Waals surface area contributed by atoms with Crippen LogP contribution < -0.4 is 5.32 Å². The number of carbonyl (C=O) groups is 1. The molecular formula is C22H16INO. The molecule has 3 aromatic rings. The van der Waals surface area contributed by atoms with Crippen molar-refractivity contribution in [1.82, 2.24) is 0 Å². The standard InChI is InChI=1S/C22H16INO/c1-16-11-14-21(24-22(25)19-9-5-6-10-20(19)23)18(15-16)13-12-17-7-3-2-4-8-17/h2-11,14-15H,1H3,(H,24,25). The van der Waals surface area contributed by atoms with E-state index >= 15 is 0 Å². The largest absolute Gasteiger partial charge is 0.321 e. The summed E-state index contributed by atoms with van der Waals surface area (Å²) in [5.74, 6) is 6.20. The zero-order valence-electron chi connectivity index (χ0n) is 13.7. The van der Waals surface area contributed by atoms with Gasteiger partial charge in [0.2, 0.25) is 0 Å². The lowest BCUT2D eigenvalue weighted by Gasteiger charge is -2.09. The molecule has 0 aliphatic heterocycles. The third kappa shape index (κ3) is 4.49. The molecule has 0 aliphatic rings. The molecule has 2 nitrogen and oxygen atoms in total. The monoisotopic (exact) mass is 437 g/mol. The second kappa shape index (κ2) is 8.00. The Bertz CT molecular complexity index is 968. The van der Waals surface area contributed by atoms with Gasteiger partial charge in [0.25, 0.3) is 5.91 Å². The fraction of sp³-hybridized carbons (Fsp3) is 0.0455. The Balaban J connectivity index is 1.91. The number of hydrogen-bond donors (Lipinski definition) is 1. The van der Waals surface area contributed by atoms with Gasteiger partial charge in [0.05, 0.1) is 11.3 Å². The highest BCUT2D eigenvalue weighted by Crippen LogP contribution is 2.19. The molecule has 25 heavy (non-hydrogen) atoms. The minimum absolute atomic E-state index is 0.128. The molecule has 0 saturated carbocycles. The van der Waals surface area contributed by atoms with Gasteiger partial charge >= 0.3 is 0 Å². The van der Waals surface area contributed by atoms with Crippen molar-refractivity contribution in [2.24, 2.45) is 0 Å². The quantitative estimate of drug-likeness (QED) is 0.431. The minimum atomic E-state index is -0.128. The van der Waals surface area contributed by atoms with Gasteiger partial charge in [0.15, 0.2) is 0 Å². The van der Waals surface area contributed by atoms with Crippen LogP contribution in [0.25, 0.3) is 0 Å². The van der Waals surface area contributed by atoms with Gasteiger partial charge in [-0.3, -0.25) is 4.79 Å². The number of halogens is 1. The summed E-state index contributed by atoms with van der Waals surface area (Å²) in [6.07, 6.45) is 0. The highest BCUT2D eigenvalue weighted by Gasteiger charge is 2.11. The molecule has 0 spiro atoms. The van der Waals surface area contributed by atoms with E-state index in [0.29, 0.717) is 5.56 Å². The van der Waals surface area contributed by atoms with Crippen molar-refractivity contribution in [1.29, 1.82) is 0 Å². The molecule has 3 heteroatoms. The lowest BCUT2D eigenvalue weighted by Crippen LogP contribution is -2.14. The van der Waals surface area contributed by atoms with Crippen LogP contribution in [0.4, 0.5) is 5.69 Å². The maximum absolute atomic E-state index is 12.6. The lowest BCUT2D eigenvalue weighted by atomic mass is 10.1. The topological polar surface area (TPSA) is 29.1 Å². The molecule has 1 amide bonds. The van der Waals surface area contributed by atoms with Gasteiger partial charge in [-0.1, -0.05) is 48.2 Å². The Hall–Kier alpha value is -2.58. The molecule has 0 fully saturated rings. The Labute approximate surface area is 161 Å². The zero-order chi connectivity index (χ0) is 17.6. The van der Waals surface area contributed by atoms with Crippen LogP contribution in [-0.4, -0.2) is 5.91 Å². The van der Waals surface area contributed by atoms with Crippen molar-refractivity contribution < 1.29 is 4.79 Å². The van der Waals surface area contributed by atoms with Crippen molar-refractivity contribution in [2.45, 2.75) is 6.92 Å². The van der Waals surface area contributed by atoms with E-state index in [1.165, 1.54) is 0 Å². The van der Waals surface area contributed by atoms with Crippen LogP contribution in [-0.2, 0) is 0 Å². The molecule has 122 valence electrons. The first-order valence-electron chi connectivity index (χ1n) is 7.87. The summed E-state index contributed by atoms with van der Waals surface area (Å²) in [4.78, 5) is 12.6. The molecule has 0 bridgehead atoms. The molecule has 0 aliphatic carbocycles. The molecule has 0 aromatic heterocycles. The van der Waals surface area contributed by atoms with E-state index in [1.807, 2.05) is 79.7 Å². The highest BCUT2D eigenvalue weighted by molar-refractivity contribution is 14.1. The first kappa shape index (κ1) is 17.2. The molecular weight excluding hydrogens is 421 g/mol. The van der Waals surface area contributed by atoms with Gasteiger partial charge in [-0.2, -0.15) is 0 Å². The maximum Gasteiger partial charge on any atom is 0.256 e. The number of rotatable bonds is 2. The van der Waals surface area contributed by atoms with Crippen molar-refractivity contribution >= 4 is 34.2 Å². The number of aryl methyl sites for hydroxylation is 1. The van der Waals surface area contributed by atoms with E-state index in [-0.39, 0.29) is 5.91 Å². The predicted octanol–water partition coefficient (Wildman–Crippen LogP) is 5.25. The maximum atomic E-state index is 12.6. The summed E-state index contributed by atoms with van der Waals surface area (Å²) in [6, 6.07) is 23.2. The van der Waals surface area contributed by atoms with Crippen molar-refractivity contribution in [3.63, 3.8) is 0 Å². The predicted molar refractivity (Wildman–Crippen MR) is 111 cm³/mol. The van der Waals surface area contributed by atoms with Gasteiger partial charge in [-0.15, -0.1) is 0 Å². The Morgan fingerprint density at radius 2 is 1.64 bits per heavy atom.